The van der Waals surface area contributed by atoms with Crippen LogP contribution in [0.4, 0.5) is 4.79 Å². The topological polar surface area (TPSA) is 61.4 Å². The third-order valence-electron chi connectivity index (χ3n) is 3.11. The molecular weight excluding hydrogens is 322 g/mol. The summed E-state index contributed by atoms with van der Waals surface area (Å²) in [6.07, 6.45) is 0. The fraction of sp³-hybridized carbons (Fsp3) is 0.286. The van der Waals surface area contributed by atoms with Gasteiger partial charge in [-0.05, 0) is 24.6 Å². The molecule has 0 fully saturated rings. The van der Waals surface area contributed by atoms with Crippen molar-refractivity contribution in [2.45, 2.75) is 13.0 Å². The van der Waals surface area contributed by atoms with E-state index in [1.54, 1.807) is 21.0 Å². The molecule has 0 aromatic heterocycles. The molecule has 2 N–H and O–H groups in total. The number of urea groups is 1. The van der Waals surface area contributed by atoms with Gasteiger partial charge < -0.3 is 15.5 Å². The highest BCUT2D eigenvalue weighted by molar-refractivity contribution is 9.10. The van der Waals surface area contributed by atoms with Gasteiger partial charge in [0.15, 0.2) is 0 Å². The van der Waals surface area contributed by atoms with Gasteiger partial charge in [-0.2, -0.15) is 0 Å². The van der Waals surface area contributed by atoms with Crippen molar-refractivity contribution in [2.24, 2.45) is 0 Å². The van der Waals surface area contributed by atoms with E-state index >= 15 is 0 Å². The number of nitrogens with zero attached hydrogens (tertiary/aromatic N) is 1. The normalized spacial score (nSPS) is 18.4. The molecule has 106 valence electrons. The second kappa shape index (κ2) is 5.66. The number of amides is 3. The Balaban J connectivity index is 2.47. The SMILES string of the molecule is CC1=C(C(=O)N(C)C)[C@H](c2ccc(Br)cc2)NC(=O)N1. The van der Waals surface area contributed by atoms with E-state index in [2.05, 4.69) is 26.6 Å². The van der Waals surface area contributed by atoms with E-state index in [9.17, 15) is 9.59 Å². The van der Waals surface area contributed by atoms with Crippen molar-refractivity contribution in [3.05, 3.63) is 45.6 Å². The summed E-state index contributed by atoms with van der Waals surface area (Å²) in [7, 11) is 3.38. The Bertz CT molecular complexity index is 579. The maximum absolute atomic E-state index is 12.3. The summed E-state index contributed by atoms with van der Waals surface area (Å²) in [6.45, 7) is 1.74. The van der Waals surface area contributed by atoms with Crippen molar-refractivity contribution < 1.29 is 9.59 Å². The molecule has 3 amide bonds. The number of carbonyl (C=O) groups excluding carboxylic acids is 2. The summed E-state index contributed by atoms with van der Waals surface area (Å²) in [4.78, 5) is 25.5. The Kier molecular flexibility index (Phi) is 4.13. The van der Waals surface area contributed by atoms with Crippen molar-refractivity contribution in [1.82, 2.24) is 15.5 Å². The van der Waals surface area contributed by atoms with Gasteiger partial charge in [0.1, 0.15) is 0 Å². The van der Waals surface area contributed by atoms with Gasteiger partial charge in [-0.1, -0.05) is 28.1 Å². The zero-order chi connectivity index (χ0) is 14.9. The minimum absolute atomic E-state index is 0.122. The second-order valence-corrected chi connectivity index (χ2v) is 5.74. The van der Waals surface area contributed by atoms with Crippen LogP contribution in [-0.2, 0) is 4.79 Å². The monoisotopic (exact) mass is 337 g/mol. The van der Waals surface area contributed by atoms with Crippen molar-refractivity contribution in [2.75, 3.05) is 14.1 Å². The Hall–Kier alpha value is -1.82. The summed E-state index contributed by atoms with van der Waals surface area (Å²) in [6, 6.07) is 6.80. The lowest BCUT2D eigenvalue weighted by Crippen LogP contribution is -2.46. The smallest absolute Gasteiger partial charge is 0.319 e. The summed E-state index contributed by atoms with van der Waals surface area (Å²) in [5.41, 5.74) is 2.00. The Morgan fingerprint density at radius 1 is 1.25 bits per heavy atom. The molecule has 5 nitrogen and oxygen atoms in total. The van der Waals surface area contributed by atoms with Crippen molar-refractivity contribution in [1.29, 1.82) is 0 Å². The number of halogens is 1. The van der Waals surface area contributed by atoms with E-state index in [0.717, 1.165) is 10.0 Å². The van der Waals surface area contributed by atoms with Gasteiger partial charge in [0.25, 0.3) is 5.91 Å². The summed E-state index contributed by atoms with van der Waals surface area (Å²) < 4.78 is 0.947. The van der Waals surface area contributed by atoms with Gasteiger partial charge in [0, 0.05) is 24.3 Å². The first-order valence-corrected chi connectivity index (χ1v) is 6.95. The van der Waals surface area contributed by atoms with Crippen molar-refractivity contribution >= 4 is 27.9 Å². The predicted molar refractivity (Wildman–Crippen MR) is 79.9 cm³/mol. The molecule has 0 radical (unpaired) electrons. The van der Waals surface area contributed by atoms with Crippen molar-refractivity contribution in [3.63, 3.8) is 0 Å². The van der Waals surface area contributed by atoms with E-state index in [1.165, 1.54) is 4.90 Å². The molecule has 0 saturated carbocycles. The van der Waals surface area contributed by atoms with Crippen LogP contribution >= 0.6 is 15.9 Å². The van der Waals surface area contributed by atoms with E-state index in [1.807, 2.05) is 24.3 Å². The summed E-state index contributed by atoms with van der Waals surface area (Å²) in [5, 5.41) is 5.45. The Morgan fingerprint density at radius 2 is 1.85 bits per heavy atom. The number of nitrogens with one attached hydrogen (secondary N) is 2. The zero-order valence-corrected chi connectivity index (χ0v) is 13.1. The Labute approximate surface area is 126 Å². The molecule has 0 aliphatic carbocycles. The molecule has 2 rings (SSSR count). The fourth-order valence-electron chi connectivity index (χ4n) is 2.12. The summed E-state index contributed by atoms with van der Waals surface area (Å²) in [5.74, 6) is -0.122. The summed E-state index contributed by atoms with van der Waals surface area (Å²) >= 11 is 3.37. The van der Waals surface area contributed by atoms with Crippen LogP contribution < -0.4 is 10.6 Å². The van der Waals surface area contributed by atoms with Crippen LogP contribution in [0.5, 0.6) is 0 Å². The van der Waals surface area contributed by atoms with Crippen LogP contribution in [0.15, 0.2) is 40.0 Å². The molecule has 0 saturated heterocycles. The van der Waals surface area contributed by atoms with E-state index in [0.29, 0.717) is 11.3 Å². The average molecular weight is 338 g/mol. The number of carbonyl (C=O) groups is 2. The lowest BCUT2D eigenvalue weighted by molar-refractivity contribution is -0.125. The van der Waals surface area contributed by atoms with Crippen LogP contribution in [0.3, 0.4) is 0 Å². The minimum atomic E-state index is -0.438. The number of rotatable bonds is 2. The lowest BCUT2D eigenvalue weighted by Gasteiger charge is -2.30. The molecular formula is C14H16BrN3O2. The largest absolute Gasteiger partial charge is 0.345 e. The molecule has 1 atom stereocenters. The van der Waals surface area contributed by atoms with E-state index in [-0.39, 0.29) is 11.9 Å². The zero-order valence-electron chi connectivity index (χ0n) is 11.5. The molecule has 0 spiro atoms. The molecule has 0 unspecified atom stereocenters. The molecule has 1 aliphatic heterocycles. The first-order valence-electron chi connectivity index (χ1n) is 6.15. The van der Waals surface area contributed by atoms with Crippen LogP contribution in [0.1, 0.15) is 18.5 Å². The van der Waals surface area contributed by atoms with E-state index in [4.69, 9.17) is 0 Å². The minimum Gasteiger partial charge on any atom is -0.345 e. The molecule has 1 heterocycles. The third-order valence-corrected chi connectivity index (χ3v) is 3.64. The predicted octanol–water partition coefficient (Wildman–Crippen LogP) is 2.17. The number of allylic oxidation sites excluding steroid dienone is 1. The molecule has 1 aromatic rings. The van der Waals surface area contributed by atoms with Gasteiger partial charge in [-0.3, -0.25) is 4.79 Å². The molecule has 0 bridgehead atoms. The van der Waals surface area contributed by atoms with Gasteiger partial charge in [0.2, 0.25) is 0 Å². The first-order chi connectivity index (χ1) is 9.40. The van der Waals surface area contributed by atoms with Gasteiger partial charge in [0.05, 0.1) is 11.6 Å². The maximum atomic E-state index is 12.3. The standard InChI is InChI=1S/C14H16BrN3O2/c1-8-11(13(19)18(2)3)12(17-14(20)16-8)9-4-6-10(15)7-5-9/h4-7,12H,1-3H3,(H2,16,17,20)/t12-/m0/s1. The lowest BCUT2D eigenvalue weighted by atomic mass is 9.95. The molecule has 20 heavy (non-hydrogen) atoms. The number of likely N-dealkylation sites (N-methyl/N-ethyl adjacent to an activating group) is 1. The number of hydrogen-bond acceptors (Lipinski definition) is 2. The van der Waals surface area contributed by atoms with E-state index < -0.39 is 6.04 Å². The highest BCUT2D eigenvalue weighted by Crippen LogP contribution is 2.28. The first kappa shape index (κ1) is 14.6. The average Bonchev–Trinajstić information content (AvgIpc) is 2.38. The van der Waals surface area contributed by atoms with Gasteiger partial charge in [-0.25, -0.2) is 4.79 Å². The number of benzene rings is 1. The van der Waals surface area contributed by atoms with Crippen molar-refractivity contribution in [3.8, 4) is 0 Å². The van der Waals surface area contributed by atoms with Crippen LogP contribution in [0.2, 0.25) is 0 Å². The fourth-order valence-corrected chi connectivity index (χ4v) is 2.39. The number of hydrogen-bond donors (Lipinski definition) is 2. The van der Waals surface area contributed by atoms with Gasteiger partial charge in [-0.15, -0.1) is 0 Å². The highest BCUT2D eigenvalue weighted by Gasteiger charge is 2.31. The highest BCUT2D eigenvalue weighted by atomic mass is 79.9. The Morgan fingerprint density at radius 3 is 2.40 bits per heavy atom. The second-order valence-electron chi connectivity index (χ2n) is 4.82. The van der Waals surface area contributed by atoms with Crippen LogP contribution in [0.25, 0.3) is 0 Å². The quantitative estimate of drug-likeness (QED) is 0.868. The van der Waals surface area contributed by atoms with Crippen LogP contribution in [0, 0.1) is 0 Å². The van der Waals surface area contributed by atoms with Crippen LogP contribution in [-0.4, -0.2) is 30.9 Å². The molecule has 6 heteroatoms. The maximum Gasteiger partial charge on any atom is 0.319 e. The molecule has 1 aliphatic rings. The third kappa shape index (κ3) is 2.85. The van der Waals surface area contributed by atoms with Gasteiger partial charge >= 0.3 is 6.03 Å². The molecule has 1 aromatic carbocycles.